The summed E-state index contributed by atoms with van der Waals surface area (Å²) in [6.07, 6.45) is 5.85. The molecule has 1 unspecified atom stereocenters. The summed E-state index contributed by atoms with van der Waals surface area (Å²) in [5.41, 5.74) is 3.02. The highest BCUT2D eigenvalue weighted by Gasteiger charge is 2.28. The van der Waals surface area contributed by atoms with Crippen molar-refractivity contribution in [1.82, 2.24) is 10.2 Å². The van der Waals surface area contributed by atoms with Crippen LogP contribution < -0.4 is 10.1 Å². The maximum absolute atomic E-state index is 13.3. The van der Waals surface area contributed by atoms with E-state index < -0.39 is 6.04 Å². The summed E-state index contributed by atoms with van der Waals surface area (Å²) in [4.78, 5) is 28.1. The molecule has 2 amide bonds. The zero-order valence-corrected chi connectivity index (χ0v) is 18.9. The van der Waals surface area contributed by atoms with Gasteiger partial charge in [-0.15, -0.1) is 0 Å². The monoisotopic (exact) mass is 422 g/mol. The second kappa shape index (κ2) is 11.0. The molecule has 0 heterocycles. The molecule has 1 N–H and O–H groups in total. The Bertz CT molecular complexity index is 890. The first-order valence-corrected chi connectivity index (χ1v) is 11.2. The molecule has 0 aliphatic heterocycles. The van der Waals surface area contributed by atoms with Crippen LogP contribution in [-0.2, 0) is 22.6 Å². The SMILES string of the molecule is COc1cccc(CN(C(=O)Cc2cccc(C)c2)C(C)C(=O)NC2CCCCC2)c1. The zero-order chi connectivity index (χ0) is 22.2. The largest absolute Gasteiger partial charge is 0.497 e. The number of amides is 2. The van der Waals surface area contributed by atoms with E-state index in [2.05, 4.69) is 5.32 Å². The van der Waals surface area contributed by atoms with E-state index >= 15 is 0 Å². The van der Waals surface area contributed by atoms with Gasteiger partial charge in [-0.2, -0.15) is 0 Å². The Hall–Kier alpha value is -2.82. The van der Waals surface area contributed by atoms with Crippen LogP contribution in [0.4, 0.5) is 0 Å². The van der Waals surface area contributed by atoms with Crippen LogP contribution in [-0.4, -0.2) is 35.9 Å². The molecule has 0 bridgehead atoms. The molecular weight excluding hydrogens is 388 g/mol. The van der Waals surface area contributed by atoms with Gasteiger partial charge in [0, 0.05) is 12.6 Å². The number of nitrogens with zero attached hydrogens (tertiary/aromatic N) is 1. The Morgan fingerprint density at radius 2 is 1.77 bits per heavy atom. The van der Waals surface area contributed by atoms with E-state index in [-0.39, 0.29) is 24.3 Å². The maximum Gasteiger partial charge on any atom is 0.242 e. The fourth-order valence-corrected chi connectivity index (χ4v) is 4.22. The van der Waals surface area contributed by atoms with Gasteiger partial charge in [0.05, 0.1) is 13.5 Å². The minimum Gasteiger partial charge on any atom is -0.497 e. The average molecular weight is 423 g/mol. The third-order valence-electron chi connectivity index (χ3n) is 6.04. The third kappa shape index (κ3) is 6.58. The molecule has 0 radical (unpaired) electrons. The number of nitrogens with one attached hydrogen (secondary N) is 1. The molecular formula is C26H34N2O3. The van der Waals surface area contributed by atoms with Crippen LogP contribution in [0.2, 0.25) is 0 Å². The van der Waals surface area contributed by atoms with Gasteiger partial charge in [-0.3, -0.25) is 9.59 Å². The minimum absolute atomic E-state index is 0.0558. The summed E-state index contributed by atoms with van der Waals surface area (Å²) in [6.45, 7) is 4.20. The van der Waals surface area contributed by atoms with Gasteiger partial charge in [0.15, 0.2) is 0 Å². The summed E-state index contributed by atoms with van der Waals surface area (Å²) in [7, 11) is 1.63. The van der Waals surface area contributed by atoms with Crippen LogP contribution in [0.1, 0.15) is 55.7 Å². The summed E-state index contributed by atoms with van der Waals surface area (Å²) in [5.74, 6) is 0.606. The highest BCUT2D eigenvalue weighted by atomic mass is 16.5. The van der Waals surface area contributed by atoms with Crippen LogP contribution in [0.5, 0.6) is 5.75 Å². The van der Waals surface area contributed by atoms with Crippen molar-refractivity contribution in [1.29, 1.82) is 0 Å². The van der Waals surface area contributed by atoms with Crippen LogP contribution in [0, 0.1) is 6.92 Å². The van der Waals surface area contributed by atoms with E-state index in [1.54, 1.807) is 12.0 Å². The molecule has 31 heavy (non-hydrogen) atoms. The molecule has 3 rings (SSSR count). The number of carbonyl (C=O) groups excluding carboxylic acids is 2. The number of benzene rings is 2. The van der Waals surface area contributed by atoms with Crippen molar-refractivity contribution < 1.29 is 14.3 Å². The number of carbonyl (C=O) groups is 2. The second-order valence-electron chi connectivity index (χ2n) is 8.56. The number of hydrogen-bond donors (Lipinski definition) is 1. The molecule has 166 valence electrons. The molecule has 1 saturated carbocycles. The molecule has 5 nitrogen and oxygen atoms in total. The van der Waals surface area contributed by atoms with Crippen molar-refractivity contribution in [3.8, 4) is 5.75 Å². The topological polar surface area (TPSA) is 58.6 Å². The number of aryl methyl sites for hydroxylation is 1. The maximum atomic E-state index is 13.3. The molecule has 1 atom stereocenters. The lowest BCUT2D eigenvalue weighted by molar-refractivity contribution is -0.140. The predicted octanol–water partition coefficient (Wildman–Crippen LogP) is 4.41. The van der Waals surface area contributed by atoms with E-state index in [4.69, 9.17) is 4.74 Å². The Morgan fingerprint density at radius 1 is 1.06 bits per heavy atom. The first-order chi connectivity index (χ1) is 15.0. The number of rotatable bonds is 8. The fraction of sp³-hybridized carbons (Fsp3) is 0.462. The van der Waals surface area contributed by atoms with Gasteiger partial charge in [0.25, 0.3) is 0 Å². The van der Waals surface area contributed by atoms with Gasteiger partial charge >= 0.3 is 0 Å². The Balaban J connectivity index is 1.77. The van der Waals surface area contributed by atoms with E-state index in [0.717, 1.165) is 48.1 Å². The standard InChI is InChI=1S/C26H34N2O3/c1-19-9-7-10-21(15-19)17-25(29)28(18-22-11-8-14-24(16-22)31-3)20(2)26(30)27-23-12-5-4-6-13-23/h7-11,14-16,20,23H,4-6,12-13,17-18H2,1-3H3,(H,27,30). The van der Waals surface area contributed by atoms with Crippen LogP contribution >= 0.6 is 0 Å². The van der Waals surface area contributed by atoms with Crippen molar-refractivity contribution in [3.63, 3.8) is 0 Å². The van der Waals surface area contributed by atoms with Crippen molar-refractivity contribution in [3.05, 3.63) is 65.2 Å². The van der Waals surface area contributed by atoms with Crippen LogP contribution in [0.15, 0.2) is 48.5 Å². The fourth-order valence-electron chi connectivity index (χ4n) is 4.22. The van der Waals surface area contributed by atoms with Gasteiger partial charge in [0.2, 0.25) is 11.8 Å². The van der Waals surface area contributed by atoms with Gasteiger partial charge in [-0.05, 0) is 49.9 Å². The normalized spacial score (nSPS) is 15.2. The molecule has 0 aromatic heterocycles. The number of hydrogen-bond acceptors (Lipinski definition) is 3. The quantitative estimate of drug-likeness (QED) is 0.685. The van der Waals surface area contributed by atoms with Gasteiger partial charge in [-0.1, -0.05) is 61.2 Å². The molecule has 2 aromatic carbocycles. The summed E-state index contributed by atoms with van der Waals surface area (Å²) in [5, 5.41) is 3.18. The van der Waals surface area contributed by atoms with E-state index in [0.29, 0.717) is 6.54 Å². The van der Waals surface area contributed by atoms with Crippen molar-refractivity contribution >= 4 is 11.8 Å². The highest BCUT2D eigenvalue weighted by molar-refractivity contribution is 5.88. The lowest BCUT2D eigenvalue weighted by Crippen LogP contribution is -2.50. The second-order valence-corrected chi connectivity index (χ2v) is 8.56. The Labute approximate surface area is 185 Å². The van der Waals surface area contributed by atoms with Crippen molar-refractivity contribution in [2.24, 2.45) is 0 Å². The average Bonchev–Trinajstić information content (AvgIpc) is 2.77. The Kier molecular flexibility index (Phi) is 8.10. The minimum atomic E-state index is -0.551. The van der Waals surface area contributed by atoms with Gasteiger partial charge in [-0.25, -0.2) is 0 Å². The third-order valence-corrected chi connectivity index (χ3v) is 6.04. The summed E-state index contributed by atoms with van der Waals surface area (Å²) in [6, 6.07) is 15.3. The number of ether oxygens (including phenoxy) is 1. The predicted molar refractivity (Wildman–Crippen MR) is 123 cm³/mol. The molecule has 0 spiro atoms. The van der Waals surface area contributed by atoms with E-state index in [1.807, 2.05) is 62.4 Å². The van der Waals surface area contributed by atoms with Crippen molar-refractivity contribution in [2.75, 3.05) is 7.11 Å². The van der Waals surface area contributed by atoms with Crippen molar-refractivity contribution in [2.45, 2.75) is 71.0 Å². The number of methoxy groups -OCH3 is 1. The summed E-state index contributed by atoms with van der Waals surface area (Å²) < 4.78 is 5.33. The first-order valence-electron chi connectivity index (χ1n) is 11.2. The summed E-state index contributed by atoms with van der Waals surface area (Å²) >= 11 is 0. The smallest absolute Gasteiger partial charge is 0.242 e. The van der Waals surface area contributed by atoms with Gasteiger partial charge in [0.1, 0.15) is 11.8 Å². The molecule has 0 saturated heterocycles. The van der Waals surface area contributed by atoms with Crippen LogP contribution in [0.3, 0.4) is 0 Å². The van der Waals surface area contributed by atoms with Crippen LogP contribution in [0.25, 0.3) is 0 Å². The molecule has 5 heteroatoms. The molecule has 1 fully saturated rings. The first kappa shape index (κ1) is 22.9. The van der Waals surface area contributed by atoms with Gasteiger partial charge < -0.3 is 15.0 Å². The molecule has 1 aliphatic rings. The zero-order valence-electron chi connectivity index (χ0n) is 18.9. The molecule has 1 aliphatic carbocycles. The lowest BCUT2D eigenvalue weighted by Gasteiger charge is -2.31. The molecule has 2 aromatic rings. The van der Waals surface area contributed by atoms with E-state index in [1.165, 1.54) is 6.42 Å². The highest BCUT2D eigenvalue weighted by Crippen LogP contribution is 2.20. The lowest BCUT2D eigenvalue weighted by atomic mass is 9.95. The van der Waals surface area contributed by atoms with E-state index in [9.17, 15) is 9.59 Å². The Morgan fingerprint density at radius 3 is 2.48 bits per heavy atom.